The number of nitrogens with zero attached hydrogens (tertiary/aromatic N) is 3. The third kappa shape index (κ3) is 5.68. The zero-order valence-corrected chi connectivity index (χ0v) is 18.8. The van der Waals surface area contributed by atoms with Gasteiger partial charge in [-0.1, -0.05) is 18.0 Å². The summed E-state index contributed by atoms with van der Waals surface area (Å²) in [5, 5.41) is 0. The van der Waals surface area contributed by atoms with Crippen LogP contribution in [0, 0.1) is 11.9 Å². The fourth-order valence-corrected chi connectivity index (χ4v) is 4.73. The van der Waals surface area contributed by atoms with Gasteiger partial charge < -0.3 is 15.2 Å². The number of aromatic nitrogens is 1. The topological polar surface area (TPSA) is 73.0 Å². The van der Waals surface area contributed by atoms with E-state index in [1.54, 1.807) is 12.1 Å². The van der Waals surface area contributed by atoms with E-state index in [2.05, 4.69) is 21.3 Å². The van der Waals surface area contributed by atoms with Crippen molar-refractivity contribution < 1.29 is 13.9 Å². The maximum absolute atomic E-state index is 14.2. The van der Waals surface area contributed by atoms with Crippen LogP contribution in [-0.4, -0.2) is 47.9 Å². The van der Waals surface area contributed by atoms with Crippen molar-refractivity contribution in [2.24, 2.45) is 16.6 Å². The first-order chi connectivity index (χ1) is 15.0. The van der Waals surface area contributed by atoms with Gasteiger partial charge in [-0.2, -0.15) is 4.39 Å². The van der Waals surface area contributed by atoms with Crippen LogP contribution in [0.15, 0.2) is 41.5 Å². The number of amidine groups is 1. The highest BCUT2D eigenvalue weighted by molar-refractivity contribution is 7.97. The molecule has 2 N–H and O–H groups in total. The van der Waals surface area contributed by atoms with Crippen LogP contribution in [0.4, 0.5) is 4.39 Å². The summed E-state index contributed by atoms with van der Waals surface area (Å²) in [6.45, 7) is 0.937. The lowest BCUT2D eigenvalue weighted by Gasteiger charge is -2.31. The normalized spacial score (nSPS) is 21.0. The van der Waals surface area contributed by atoms with E-state index in [-0.39, 0.29) is 18.2 Å². The lowest BCUT2D eigenvalue weighted by Crippen LogP contribution is -2.29. The number of benzene rings is 1. The van der Waals surface area contributed by atoms with Crippen LogP contribution in [0.5, 0.6) is 5.75 Å². The molecular weight excluding hydrogens is 415 g/mol. The van der Waals surface area contributed by atoms with E-state index >= 15 is 0 Å². The molecule has 2 atom stereocenters. The van der Waals surface area contributed by atoms with Gasteiger partial charge >= 0.3 is 0 Å². The van der Waals surface area contributed by atoms with Gasteiger partial charge in [0, 0.05) is 36.0 Å². The number of pyridine rings is 1. The summed E-state index contributed by atoms with van der Waals surface area (Å²) in [5.41, 5.74) is 7.95. The molecule has 0 radical (unpaired) electrons. The van der Waals surface area contributed by atoms with Crippen molar-refractivity contribution in [1.82, 2.24) is 9.29 Å². The van der Waals surface area contributed by atoms with Gasteiger partial charge in [-0.15, -0.1) is 0 Å². The van der Waals surface area contributed by atoms with E-state index in [9.17, 15) is 4.39 Å². The van der Waals surface area contributed by atoms with Gasteiger partial charge in [0.05, 0.1) is 13.2 Å². The summed E-state index contributed by atoms with van der Waals surface area (Å²) in [6, 6.07) is 9.03. The number of hydrogen-bond donors (Lipinski definition) is 1. The first kappa shape index (κ1) is 21.9. The Kier molecular flexibility index (Phi) is 6.97. The molecule has 1 fully saturated rings. The summed E-state index contributed by atoms with van der Waals surface area (Å²) in [4.78, 5) is 8.32. The Labute approximate surface area is 187 Å². The van der Waals surface area contributed by atoms with E-state index in [0.717, 1.165) is 35.8 Å². The van der Waals surface area contributed by atoms with E-state index in [4.69, 9.17) is 15.2 Å². The molecule has 2 heterocycles. The lowest BCUT2D eigenvalue weighted by molar-refractivity contribution is 0.145. The molecule has 6 nitrogen and oxygen atoms in total. The highest BCUT2D eigenvalue weighted by Gasteiger charge is 2.30. The minimum absolute atomic E-state index is 0.0239. The van der Waals surface area contributed by atoms with Crippen molar-refractivity contribution in [2.45, 2.75) is 37.8 Å². The van der Waals surface area contributed by atoms with E-state index < -0.39 is 5.95 Å². The predicted molar refractivity (Wildman–Crippen MR) is 122 cm³/mol. The monoisotopic (exact) mass is 444 g/mol. The first-order valence-corrected chi connectivity index (χ1v) is 11.6. The van der Waals surface area contributed by atoms with Crippen molar-refractivity contribution in [3.8, 4) is 16.9 Å². The van der Waals surface area contributed by atoms with Crippen LogP contribution in [0.3, 0.4) is 0 Å². The maximum Gasteiger partial charge on any atom is 0.282 e. The smallest absolute Gasteiger partial charge is 0.282 e. The third-order valence-corrected chi connectivity index (χ3v) is 6.95. The number of nitrogens with two attached hydrogens (primary N) is 1. The maximum atomic E-state index is 14.2. The van der Waals surface area contributed by atoms with Crippen molar-refractivity contribution in [2.75, 3.05) is 26.5 Å². The van der Waals surface area contributed by atoms with Crippen molar-refractivity contribution in [3.05, 3.63) is 48.0 Å². The van der Waals surface area contributed by atoms with E-state index in [0.29, 0.717) is 12.0 Å². The molecule has 0 bridgehead atoms. The molecule has 1 saturated carbocycles. The molecule has 4 rings (SSSR count). The molecule has 1 aromatic carbocycles. The average molecular weight is 445 g/mol. The molecule has 2 unspecified atom stereocenters. The number of rotatable bonds is 8. The number of hydrogen-bond acceptors (Lipinski definition) is 6. The van der Waals surface area contributed by atoms with Crippen LogP contribution in [0.1, 0.15) is 37.3 Å². The van der Waals surface area contributed by atoms with Crippen LogP contribution < -0.4 is 10.5 Å². The Bertz CT molecular complexity index is 938. The third-order valence-electron chi connectivity index (χ3n) is 5.70. The summed E-state index contributed by atoms with van der Waals surface area (Å²) < 4.78 is 27.9. The minimum atomic E-state index is -0.500. The molecule has 31 heavy (non-hydrogen) atoms. The average Bonchev–Trinajstić information content (AvgIpc) is 3.61. The lowest BCUT2D eigenvalue weighted by atomic mass is 9.92. The molecule has 0 saturated heterocycles. The van der Waals surface area contributed by atoms with Gasteiger partial charge in [0.15, 0.2) is 0 Å². The summed E-state index contributed by atoms with van der Waals surface area (Å²) in [6.07, 6.45) is 5.79. The van der Waals surface area contributed by atoms with Gasteiger partial charge in [-0.3, -0.25) is 4.31 Å². The number of halogens is 1. The molecule has 1 aliphatic heterocycles. The number of aliphatic imine (C=N–C) groups is 1. The number of methoxy groups -OCH3 is 1. The van der Waals surface area contributed by atoms with Gasteiger partial charge in [0.25, 0.3) is 6.02 Å². The number of fused-ring (bicyclic) bond motifs is 1. The first-order valence-electron chi connectivity index (χ1n) is 10.7. The van der Waals surface area contributed by atoms with Crippen LogP contribution in [0.25, 0.3) is 11.1 Å². The second kappa shape index (κ2) is 9.87. The molecule has 2 aromatic rings. The zero-order valence-electron chi connectivity index (χ0n) is 18.0. The SMILES string of the molecule is COC(N)=NC1CC(CCN(C)SCC2CC2)Oc2ccc(-c3cccnc3F)cc21. The molecular formula is C23H29FN4O2S. The van der Waals surface area contributed by atoms with Gasteiger partial charge in [0.1, 0.15) is 11.9 Å². The zero-order chi connectivity index (χ0) is 21.8. The van der Waals surface area contributed by atoms with Gasteiger partial charge in [0.2, 0.25) is 5.95 Å². The largest absolute Gasteiger partial charge is 0.490 e. The minimum Gasteiger partial charge on any atom is -0.490 e. The summed E-state index contributed by atoms with van der Waals surface area (Å²) in [7, 11) is 3.64. The molecule has 1 aromatic heterocycles. The highest BCUT2D eigenvalue weighted by Crippen LogP contribution is 2.41. The van der Waals surface area contributed by atoms with Crippen molar-refractivity contribution in [1.29, 1.82) is 0 Å². The standard InChI is InChI=1S/C23H29FN4O2S/c1-28(31-14-15-5-6-15)11-9-17-13-20(27-23(25)29-2)19-12-16(7-8-21(19)30-17)18-4-3-10-26-22(18)24/h3-4,7-8,10,12,15,17,20H,5-6,9,11,13-14H2,1-2H3,(H2,25,27). The fourth-order valence-electron chi connectivity index (χ4n) is 3.70. The van der Waals surface area contributed by atoms with Crippen LogP contribution >= 0.6 is 11.9 Å². The Morgan fingerprint density at radius 3 is 2.97 bits per heavy atom. The van der Waals surface area contributed by atoms with Gasteiger partial charge in [-0.25, -0.2) is 9.98 Å². The second-order valence-electron chi connectivity index (χ2n) is 8.14. The number of ether oxygens (including phenoxy) is 2. The summed E-state index contributed by atoms with van der Waals surface area (Å²) >= 11 is 1.91. The second-order valence-corrected chi connectivity index (χ2v) is 9.35. The van der Waals surface area contributed by atoms with Crippen LogP contribution in [-0.2, 0) is 4.74 Å². The van der Waals surface area contributed by atoms with Crippen molar-refractivity contribution >= 4 is 18.0 Å². The van der Waals surface area contributed by atoms with Crippen molar-refractivity contribution in [3.63, 3.8) is 0 Å². The van der Waals surface area contributed by atoms with Gasteiger partial charge in [-0.05, 0) is 62.1 Å². The molecule has 8 heteroatoms. The molecule has 1 aliphatic carbocycles. The quantitative estimate of drug-likeness (QED) is 0.281. The Morgan fingerprint density at radius 2 is 2.23 bits per heavy atom. The highest BCUT2D eigenvalue weighted by atomic mass is 32.2. The Balaban J connectivity index is 1.51. The van der Waals surface area contributed by atoms with E-state index in [1.165, 1.54) is 31.9 Å². The molecule has 166 valence electrons. The Hall–Kier alpha value is -2.32. The fraction of sp³-hybridized carbons (Fsp3) is 0.478. The molecule has 2 aliphatic rings. The van der Waals surface area contributed by atoms with Crippen LogP contribution in [0.2, 0.25) is 0 Å². The van der Waals surface area contributed by atoms with E-state index in [1.807, 2.05) is 30.1 Å². The summed E-state index contributed by atoms with van der Waals surface area (Å²) in [5.74, 6) is 2.37. The molecule has 0 amide bonds. The molecule has 0 spiro atoms. The predicted octanol–water partition coefficient (Wildman–Crippen LogP) is 4.42. The Morgan fingerprint density at radius 1 is 1.39 bits per heavy atom.